The van der Waals surface area contributed by atoms with Crippen LogP contribution in [0.25, 0.3) is 0 Å². The van der Waals surface area contributed by atoms with Crippen LogP contribution in [-0.2, 0) is 9.59 Å². The summed E-state index contributed by atoms with van der Waals surface area (Å²) in [5, 5.41) is 19.7. The first-order valence-electron chi connectivity index (χ1n) is 6.67. The van der Waals surface area contributed by atoms with Gasteiger partial charge >= 0.3 is 5.97 Å². The Hall–Kier alpha value is -2.30. The molecule has 5 heteroatoms. The summed E-state index contributed by atoms with van der Waals surface area (Å²) in [6.45, 7) is 3.17. The van der Waals surface area contributed by atoms with Gasteiger partial charge in [0.1, 0.15) is 5.78 Å². The Kier molecular flexibility index (Phi) is 4.02. The van der Waals surface area contributed by atoms with Gasteiger partial charge in [-0.3, -0.25) is 4.79 Å². The van der Waals surface area contributed by atoms with Crippen LogP contribution in [0.4, 0.5) is 0 Å². The van der Waals surface area contributed by atoms with Crippen LogP contribution in [0.15, 0.2) is 29.3 Å². The number of phenolic OH excluding ortho intramolecular Hbond substituents is 1. The number of carbonyl (C=O) groups is 2. The molecule has 0 aliphatic heterocycles. The summed E-state index contributed by atoms with van der Waals surface area (Å²) in [6, 6.07) is 4.91. The molecule has 0 saturated carbocycles. The third kappa shape index (κ3) is 2.51. The van der Waals surface area contributed by atoms with E-state index in [4.69, 9.17) is 4.74 Å². The van der Waals surface area contributed by atoms with Gasteiger partial charge in [0.05, 0.1) is 7.11 Å². The Morgan fingerprint density at radius 1 is 1.33 bits per heavy atom. The van der Waals surface area contributed by atoms with E-state index in [1.807, 2.05) is 0 Å². The van der Waals surface area contributed by atoms with Crippen molar-refractivity contribution < 1.29 is 24.5 Å². The Bertz CT molecular complexity index is 630. The topological polar surface area (TPSA) is 83.8 Å². The summed E-state index contributed by atoms with van der Waals surface area (Å²) in [7, 11) is 1.43. The summed E-state index contributed by atoms with van der Waals surface area (Å²) in [5.74, 6) is -2.08. The maximum absolute atomic E-state index is 11.9. The molecule has 2 rings (SSSR count). The summed E-state index contributed by atoms with van der Waals surface area (Å²) in [6.07, 6.45) is 0.401. The first kappa shape index (κ1) is 15.1. The molecule has 2 atom stereocenters. The summed E-state index contributed by atoms with van der Waals surface area (Å²) >= 11 is 0. The smallest absolute Gasteiger partial charge is 0.332 e. The molecule has 0 aromatic heterocycles. The lowest BCUT2D eigenvalue weighted by Gasteiger charge is -2.21. The molecule has 0 fully saturated rings. The third-order valence-electron chi connectivity index (χ3n) is 4.04. The van der Waals surface area contributed by atoms with Crippen molar-refractivity contribution in [2.24, 2.45) is 5.92 Å². The standard InChI is InChI=1S/C16H18O5/c1-8-7-11(9(2)17)14(13(8)16(19)20)10-5-4-6-12(21-3)15(10)18/h4-6,11,14,18H,7H2,1-3H3,(H,19,20)/t11-,14-/m1/s1. The van der Waals surface area contributed by atoms with Gasteiger partial charge in [0.2, 0.25) is 0 Å². The number of phenols is 1. The number of ether oxygens (including phenoxy) is 1. The molecule has 0 spiro atoms. The second-order valence-corrected chi connectivity index (χ2v) is 5.30. The van der Waals surface area contributed by atoms with Crippen molar-refractivity contribution >= 4 is 11.8 Å². The minimum absolute atomic E-state index is 0.0854. The van der Waals surface area contributed by atoms with Crippen LogP contribution >= 0.6 is 0 Å². The number of carbonyl (C=O) groups excluding carboxylic acids is 1. The van der Waals surface area contributed by atoms with Crippen molar-refractivity contribution in [1.29, 1.82) is 0 Å². The summed E-state index contributed by atoms with van der Waals surface area (Å²) in [5.41, 5.74) is 1.29. The van der Waals surface area contributed by atoms with E-state index in [0.717, 1.165) is 0 Å². The molecule has 1 aromatic carbocycles. The van der Waals surface area contributed by atoms with Crippen LogP contribution in [0.3, 0.4) is 0 Å². The lowest BCUT2D eigenvalue weighted by molar-refractivity contribution is -0.133. The van der Waals surface area contributed by atoms with Crippen molar-refractivity contribution in [1.82, 2.24) is 0 Å². The number of methoxy groups -OCH3 is 1. The number of allylic oxidation sites excluding steroid dienone is 1. The lowest BCUT2D eigenvalue weighted by Crippen LogP contribution is -2.20. The van der Waals surface area contributed by atoms with E-state index in [-0.39, 0.29) is 22.9 Å². The number of aliphatic carboxylic acids is 1. The highest BCUT2D eigenvalue weighted by molar-refractivity contribution is 5.94. The molecule has 1 aliphatic carbocycles. The zero-order valence-corrected chi connectivity index (χ0v) is 12.2. The third-order valence-corrected chi connectivity index (χ3v) is 4.04. The number of aromatic hydroxyl groups is 1. The van der Waals surface area contributed by atoms with E-state index < -0.39 is 17.8 Å². The predicted octanol–water partition coefficient (Wildman–Crippen LogP) is 2.49. The largest absolute Gasteiger partial charge is 0.504 e. The Morgan fingerprint density at radius 3 is 2.52 bits per heavy atom. The molecule has 0 bridgehead atoms. The summed E-state index contributed by atoms with van der Waals surface area (Å²) < 4.78 is 5.07. The van der Waals surface area contributed by atoms with Crippen LogP contribution in [0, 0.1) is 5.92 Å². The molecule has 0 heterocycles. The lowest BCUT2D eigenvalue weighted by atomic mass is 9.82. The maximum Gasteiger partial charge on any atom is 0.332 e. The van der Waals surface area contributed by atoms with Gasteiger partial charge in [-0.15, -0.1) is 0 Å². The van der Waals surface area contributed by atoms with E-state index in [2.05, 4.69) is 0 Å². The van der Waals surface area contributed by atoms with Crippen LogP contribution < -0.4 is 4.74 Å². The highest BCUT2D eigenvalue weighted by atomic mass is 16.5. The number of carboxylic acid groups (broad SMARTS) is 1. The highest BCUT2D eigenvalue weighted by Gasteiger charge is 2.41. The first-order chi connectivity index (χ1) is 9.88. The van der Waals surface area contributed by atoms with Crippen LogP contribution in [-0.4, -0.2) is 29.1 Å². The number of hydrogen-bond acceptors (Lipinski definition) is 4. The van der Waals surface area contributed by atoms with Crippen molar-refractivity contribution in [2.75, 3.05) is 7.11 Å². The zero-order chi connectivity index (χ0) is 15.7. The molecule has 112 valence electrons. The quantitative estimate of drug-likeness (QED) is 0.890. The van der Waals surface area contributed by atoms with Crippen LogP contribution in [0.2, 0.25) is 0 Å². The molecular weight excluding hydrogens is 272 g/mol. The fraction of sp³-hybridized carbons (Fsp3) is 0.375. The summed E-state index contributed by atoms with van der Waals surface area (Å²) in [4.78, 5) is 23.4. The molecule has 1 aromatic rings. The van der Waals surface area contributed by atoms with Gasteiger partial charge in [-0.1, -0.05) is 17.7 Å². The number of para-hydroxylation sites is 1. The minimum Gasteiger partial charge on any atom is -0.504 e. The number of ketones is 1. The van der Waals surface area contributed by atoms with E-state index in [1.54, 1.807) is 25.1 Å². The van der Waals surface area contributed by atoms with Gasteiger partial charge in [0, 0.05) is 23.0 Å². The van der Waals surface area contributed by atoms with E-state index in [9.17, 15) is 19.8 Å². The number of rotatable bonds is 4. The van der Waals surface area contributed by atoms with Crippen molar-refractivity contribution in [3.05, 3.63) is 34.9 Å². The van der Waals surface area contributed by atoms with Gasteiger partial charge in [-0.25, -0.2) is 4.79 Å². The second kappa shape index (κ2) is 5.60. The molecule has 5 nitrogen and oxygen atoms in total. The monoisotopic (exact) mass is 290 g/mol. The molecule has 0 amide bonds. The minimum atomic E-state index is -1.05. The fourth-order valence-electron chi connectivity index (χ4n) is 3.05. The van der Waals surface area contributed by atoms with Crippen LogP contribution in [0.5, 0.6) is 11.5 Å². The number of Topliss-reactive ketones (excluding diaryl/α,β-unsaturated/α-hetero) is 1. The predicted molar refractivity (Wildman–Crippen MR) is 76.5 cm³/mol. The molecule has 2 N–H and O–H groups in total. The zero-order valence-electron chi connectivity index (χ0n) is 12.2. The van der Waals surface area contributed by atoms with Crippen LogP contribution in [0.1, 0.15) is 31.7 Å². The van der Waals surface area contributed by atoms with Gasteiger partial charge < -0.3 is 14.9 Å². The molecule has 0 radical (unpaired) electrons. The SMILES string of the molecule is COc1cccc([C@H]2C(C(=O)O)=C(C)C[C@@H]2C(C)=O)c1O. The maximum atomic E-state index is 11.9. The van der Waals surface area contributed by atoms with Gasteiger partial charge in [-0.05, 0) is 26.3 Å². The molecular formula is C16H18O5. The second-order valence-electron chi connectivity index (χ2n) is 5.30. The van der Waals surface area contributed by atoms with Gasteiger partial charge in [0.15, 0.2) is 11.5 Å². The number of hydrogen-bond donors (Lipinski definition) is 2. The molecule has 0 saturated heterocycles. The van der Waals surface area contributed by atoms with Crippen molar-refractivity contribution in [2.45, 2.75) is 26.2 Å². The molecule has 21 heavy (non-hydrogen) atoms. The molecule has 0 unspecified atom stereocenters. The molecule has 1 aliphatic rings. The van der Waals surface area contributed by atoms with Gasteiger partial charge in [0.25, 0.3) is 0 Å². The Morgan fingerprint density at radius 2 is 2.00 bits per heavy atom. The fourth-order valence-corrected chi connectivity index (χ4v) is 3.05. The van der Waals surface area contributed by atoms with E-state index in [1.165, 1.54) is 14.0 Å². The van der Waals surface area contributed by atoms with Crippen molar-refractivity contribution in [3.8, 4) is 11.5 Å². The van der Waals surface area contributed by atoms with Crippen molar-refractivity contribution in [3.63, 3.8) is 0 Å². The average Bonchev–Trinajstić information content (AvgIpc) is 2.76. The van der Waals surface area contributed by atoms with E-state index >= 15 is 0 Å². The first-order valence-corrected chi connectivity index (χ1v) is 6.67. The normalized spacial score (nSPS) is 21.5. The Labute approximate surface area is 122 Å². The van der Waals surface area contributed by atoms with Gasteiger partial charge in [-0.2, -0.15) is 0 Å². The average molecular weight is 290 g/mol. The highest BCUT2D eigenvalue weighted by Crippen LogP contribution is 2.48. The number of carboxylic acids is 1. The Balaban J connectivity index is 2.61. The van der Waals surface area contributed by atoms with E-state index in [0.29, 0.717) is 17.6 Å². The number of benzene rings is 1.